The first-order chi connectivity index (χ1) is 16.0. The van der Waals surface area contributed by atoms with E-state index in [1.54, 1.807) is 7.11 Å². The van der Waals surface area contributed by atoms with Gasteiger partial charge in [0.25, 0.3) is 5.91 Å². The Kier molecular flexibility index (Phi) is 5.60. The van der Waals surface area contributed by atoms with Gasteiger partial charge in [-0.3, -0.25) is 9.59 Å². The summed E-state index contributed by atoms with van der Waals surface area (Å²) in [4.78, 5) is 26.3. The quantitative estimate of drug-likeness (QED) is 0.552. The van der Waals surface area contributed by atoms with Crippen molar-refractivity contribution in [1.82, 2.24) is 5.32 Å². The average Bonchev–Trinajstić information content (AvgIpc) is 3.00. The molecule has 1 aliphatic heterocycles. The van der Waals surface area contributed by atoms with Gasteiger partial charge >= 0.3 is 0 Å². The minimum atomic E-state index is -0.384. The summed E-state index contributed by atoms with van der Waals surface area (Å²) in [6, 6.07) is 11.1. The summed E-state index contributed by atoms with van der Waals surface area (Å²) in [6.07, 6.45) is 6.80. The number of fused-ring (bicyclic) bond motifs is 3. The lowest BCUT2D eigenvalue weighted by Crippen LogP contribution is -2.41. The minimum Gasteiger partial charge on any atom is -0.497 e. The Balaban J connectivity index is 1.42. The van der Waals surface area contributed by atoms with Gasteiger partial charge in [0.15, 0.2) is 11.5 Å². The van der Waals surface area contributed by atoms with Crippen LogP contribution in [0.1, 0.15) is 77.0 Å². The summed E-state index contributed by atoms with van der Waals surface area (Å²) in [5, 5.41) is 3.60. The zero-order valence-corrected chi connectivity index (χ0v) is 19.2. The number of ether oxygens (including phenoxy) is 2. The van der Waals surface area contributed by atoms with E-state index in [9.17, 15) is 9.59 Å². The molecule has 1 N–H and O–H groups in total. The van der Waals surface area contributed by atoms with Crippen molar-refractivity contribution in [3.05, 3.63) is 58.8 Å². The Bertz CT molecular complexity index is 1200. The molecule has 0 saturated heterocycles. The fraction of sp³-hybridized carbons (Fsp3) is 0.407. The summed E-state index contributed by atoms with van der Waals surface area (Å²) in [5.41, 5.74) is 2.33. The average molecular weight is 448 g/mol. The first-order valence-electron chi connectivity index (χ1n) is 11.7. The van der Waals surface area contributed by atoms with Crippen molar-refractivity contribution in [2.75, 3.05) is 7.11 Å². The number of benzene rings is 2. The van der Waals surface area contributed by atoms with Crippen LogP contribution in [0, 0.1) is 6.92 Å². The summed E-state index contributed by atoms with van der Waals surface area (Å²) in [5.74, 6) is 1.39. The van der Waals surface area contributed by atoms with Crippen molar-refractivity contribution >= 4 is 22.7 Å². The highest BCUT2D eigenvalue weighted by Crippen LogP contribution is 2.44. The topological polar surface area (TPSA) is 77.8 Å². The molecular formula is C27H29NO5. The van der Waals surface area contributed by atoms with Crippen molar-refractivity contribution in [1.29, 1.82) is 0 Å². The lowest BCUT2D eigenvalue weighted by molar-refractivity contribution is 0.0301. The Morgan fingerprint density at radius 1 is 1.06 bits per heavy atom. The molecule has 6 heteroatoms. The minimum absolute atomic E-state index is 0.0813. The van der Waals surface area contributed by atoms with E-state index in [0.717, 1.165) is 37.0 Å². The van der Waals surface area contributed by atoms with Crippen molar-refractivity contribution in [3.63, 3.8) is 0 Å². The highest BCUT2D eigenvalue weighted by atomic mass is 16.5. The largest absolute Gasteiger partial charge is 0.497 e. The van der Waals surface area contributed by atoms with Crippen molar-refractivity contribution in [2.45, 2.75) is 64.0 Å². The maximum Gasteiger partial charge on any atom is 0.287 e. The lowest BCUT2D eigenvalue weighted by atomic mass is 9.83. The van der Waals surface area contributed by atoms with Crippen LogP contribution in [0.25, 0.3) is 11.0 Å². The second kappa shape index (κ2) is 8.58. The summed E-state index contributed by atoms with van der Waals surface area (Å²) < 4.78 is 17.6. The fourth-order valence-corrected chi connectivity index (χ4v) is 5.21. The Morgan fingerprint density at radius 3 is 2.48 bits per heavy atom. The highest BCUT2D eigenvalue weighted by Gasteiger charge is 2.42. The van der Waals surface area contributed by atoms with E-state index in [-0.39, 0.29) is 23.1 Å². The first kappa shape index (κ1) is 21.6. The van der Waals surface area contributed by atoms with E-state index in [4.69, 9.17) is 13.9 Å². The van der Waals surface area contributed by atoms with Crippen LogP contribution in [0.2, 0.25) is 0 Å². The fourth-order valence-electron chi connectivity index (χ4n) is 5.21. The van der Waals surface area contributed by atoms with Gasteiger partial charge in [0, 0.05) is 17.5 Å². The molecule has 1 aromatic heterocycles. The predicted octanol–water partition coefficient (Wildman–Crippen LogP) is 5.74. The standard InChI is InChI=1S/C27H29NO5/c1-17-23-21(32-25(17)26(30)28-16-18-7-9-19(31-2)10-8-18)11-12-22-24(23)20(29)15-27(33-22)13-5-3-4-6-14-27/h7-12H,3-6,13-16H2,1-2H3,(H,28,30). The van der Waals surface area contributed by atoms with Crippen LogP contribution in [0.15, 0.2) is 40.8 Å². The number of rotatable bonds is 4. The Labute approximate surface area is 193 Å². The zero-order chi connectivity index (χ0) is 23.0. The Hall–Kier alpha value is -3.28. The second-order valence-electron chi connectivity index (χ2n) is 9.20. The number of ketones is 1. The van der Waals surface area contributed by atoms with Crippen molar-refractivity contribution in [3.8, 4) is 11.5 Å². The molecule has 1 saturated carbocycles. The Morgan fingerprint density at radius 2 is 1.79 bits per heavy atom. The maximum absolute atomic E-state index is 13.3. The number of carbonyl (C=O) groups is 2. The summed E-state index contributed by atoms with van der Waals surface area (Å²) in [6.45, 7) is 2.19. The van der Waals surface area contributed by atoms with Crippen LogP contribution in [0.4, 0.5) is 0 Å². The van der Waals surface area contributed by atoms with Gasteiger partial charge in [-0.2, -0.15) is 0 Å². The third-order valence-electron chi connectivity index (χ3n) is 6.98. The van der Waals surface area contributed by atoms with Gasteiger partial charge in [-0.1, -0.05) is 25.0 Å². The molecule has 1 aliphatic carbocycles. The van der Waals surface area contributed by atoms with Crippen LogP contribution in [-0.4, -0.2) is 24.4 Å². The number of nitrogens with one attached hydrogen (secondary N) is 1. The number of aryl methyl sites for hydroxylation is 1. The van der Waals surface area contributed by atoms with Gasteiger partial charge in [0.1, 0.15) is 22.7 Å². The molecule has 6 nitrogen and oxygen atoms in total. The van der Waals surface area contributed by atoms with Gasteiger partial charge in [-0.05, 0) is 62.4 Å². The van der Waals surface area contributed by atoms with Crippen LogP contribution < -0.4 is 14.8 Å². The monoisotopic (exact) mass is 447 g/mol. The molecule has 33 heavy (non-hydrogen) atoms. The molecule has 0 atom stereocenters. The highest BCUT2D eigenvalue weighted by molar-refractivity contribution is 6.13. The van der Waals surface area contributed by atoms with E-state index >= 15 is 0 Å². The first-order valence-corrected chi connectivity index (χ1v) is 11.7. The molecule has 3 aromatic rings. The van der Waals surface area contributed by atoms with E-state index in [0.29, 0.717) is 40.8 Å². The normalized spacial score (nSPS) is 17.3. The number of carbonyl (C=O) groups excluding carboxylic acids is 2. The van der Waals surface area contributed by atoms with Crippen LogP contribution in [-0.2, 0) is 6.54 Å². The molecule has 2 aromatic carbocycles. The van der Waals surface area contributed by atoms with E-state index in [2.05, 4.69) is 5.32 Å². The molecule has 0 radical (unpaired) electrons. The third-order valence-corrected chi connectivity index (χ3v) is 6.98. The zero-order valence-electron chi connectivity index (χ0n) is 19.2. The molecule has 5 rings (SSSR count). The predicted molar refractivity (Wildman–Crippen MR) is 125 cm³/mol. The number of methoxy groups -OCH3 is 1. The van der Waals surface area contributed by atoms with Crippen LogP contribution in [0.3, 0.4) is 0 Å². The van der Waals surface area contributed by atoms with Crippen LogP contribution >= 0.6 is 0 Å². The van der Waals surface area contributed by atoms with Crippen LogP contribution in [0.5, 0.6) is 11.5 Å². The van der Waals surface area contributed by atoms with E-state index in [1.807, 2.05) is 43.3 Å². The molecule has 1 spiro atoms. The van der Waals surface area contributed by atoms with Gasteiger partial charge in [0.05, 0.1) is 19.1 Å². The van der Waals surface area contributed by atoms with Gasteiger partial charge in [-0.25, -0.2) is 0 Å². The molecule has 2 aliphatic rings. The summed E-state index contributed by atoms with van der Waals surface area (Å²) in [7, 11) is 1.62. The number of hydrogen-bond acceptors (Lipinski definition) is 5. The smallest absolute Gasteiger partial charge is 0.287 e. The molecular weight excluding hydrogens is 418 g/mol. The summed E-state index contributed by atoms with van der Waals surface area (Å²) >= 11 is 0. The maximum atomic E-state index is 13.3. The number of furan rings is 1. The SMILES string of the molecule is COc1ccc(CNC(=O)c2oc3ccc4c(c3c2C)C(=O)CC2(CCCCCC2)O4)cc1. The molecule has 0 bridgehead atoms. The lowest BCUT2D eigenvalue weighted by Gasteiger charge is -2.37. The van der Waals surface area contributed by atoms with Crippen molar-refractivity contribution < 1.29 is 23.5 Å². The number of amides is 1. The molecule has 172 valence electrons. The molecule has 2 heterocycles. The van der Waals surface area contributed by atoms with Crippen molar-refractivity contribution in [2.24, 2.45) is 0 Å². The van der Waals surface area contributed by atoms with Gasteiger partial charge in [-0.15, -0.1) is 0 Å². The van der Waals surface area contributed by atoms with Gasteiger partial charge < -0.3 is 19.2 Å². The van der Waals surface area contributed by atoms with Gasteiger partial charge in [0.2, 0.25) is 0 Å². The van der Waals surface area contributed by atoms with E-state index < -0.39 is 0 Å². The molecule has 0 unspecified atom stereocenters. The number of Topliss-reactive ketones (excluding diaryl/α,β-unsaturated/α-hetero) is 1. The second-order valence-corrected chi connectivity index (χ2v) is 9.20. The number of hydrogen-bond donors (Lipinski definition) is 1. The molecule has 1 amide bonds. The van der Waals surface area contributed by atoms with E-state index in [1.165, 1.54) is 12.8 Å². The molecule has 1 fully saturated rings. The third kappa shape index (κ3) is 3.99.